The summed E-state index contributed by atoms with van der Waals surface area (Å²) in [6, 6.07) is 20.7. The van der Waals surface area contributed by atoms with Crippen molar-refractivity contribution in [2.45, 2.75) is 13.3 Å². The molecular weight excluding hydrogens is 262 g/mol. The molecule has 0 aliphatic carbocycles. The molecule has 106 valence electrons. The van der Waals surface area contributed by atoms with Crippen LogP contribution in [0.1, 0.15) is 13.3 Å². The average molecular weight is 279 g/mol. The molecule has 0 radical (unpaired) electrons. The highest BCUT2D eigenvalue weighted by molar-refractivity contribution is 5.85. The van der Waals surface area contributed by atoms with E-state index >= 15 is 0 Å². The summed E-state index contributed by atoms with van der Waals surface area (Å²) in [5.41, 5.74) is 2.19. The maximum absolute atomic E-state index is 9.37. The van der Waals surface area contributed by atoms with Crippen LogP contribution in [0.2, 0.25) is 0 Å². The molecule has 0 amide bonds. The van der Waals surface area contributed by atoms with Gasteiger partial charge in [-0.25, -0.2) is 0 Å². The van der Waals surface area contributed by atoms with Crippen molar-refractivity contribution >= 4 is 16.7 Å². The van der Waals surface area contributed by atoms with E-state index in [0.29, 0.717) is 0 Å². The molecule has 0 bridgehead atoms. The summed E-state index contributed by atoms with van der Waals surface area (Å²) in [4.78, 5) is 13.8. The summed E-state index contributed by atoms with van der Waals surface area (Å²) >= 11 is 0. The molecule has 1 aromatic heterocycles. The summed E-state index contributed by atoms with van der Waals surface area (Å²) in [7, 11) is 0. The Balaban J connectivity index is 0.000000282. The third-order valence-corrected chi connectivity index (χ3v) is 3.00. The lowest BCUT2D eigenvalue weighted by Crippen LogP contribution is -1.86. The van der Waals surface area contributed by atoms with E-state index in [-0.39, 0.29) is 6.42 Å². The quantitative estimate of drug-likeness (QED) is 0.757. The topological polar surface area (TPSA) is 50.2 Å². The van der Waals surface area contributed by atoms with Crippen molar-refractivity contribution in [1.82, 2.24) is 4.98 Å². The van der Waals surface area contributed by atoms with Gasteiger partial charge in [0, 0.05) is 23.6 Å². The predicted molar refractivity (Wildman–Crippen MR) is 85.1 cm³/mol. The molecule has 0 fully saturated rings. The molecule has 3 aromatic rings. The second kappa shape index (κ2) is 7.20. The van der Waals surface area contributed by atoms with Crippen molar-refractivity contribution in [1.29, 1.82) is 0 Å². The zero-order valence-electron chi connectivity index (χ0n) is 11.9. The van der Waals surface area contributed by atoms with Gasteiger partial charge >= 0.3 is 5.97 Å². The molecule has 2 aromatic carbocycles. The molecule has 1 heterocycles. The fraction of sp³-hybridized carbons (Fsp3) is 0.111. The third kappa shape index (κ3) is 4.14. The first kappa shape index (κ1) is 14.7. The second-order valence-electron chi connectivity index (χ2n) is 4.53. The Morgan fingerprint density at radius 2 is 1.57 bits per heavy atom. The standard InChI is InChI=1S/C15H11N.C3H6O2/c1-2-6-12(7-3-1)15-10-13-8-4-5-9-14(13)11-16-15;1-2-3(4)5/h1-11H;2H2,1H3,(H,4,5). The monoisotopic (exact) mass is 279 g/mol. The van der Waals surface area contributed by atoms with Gasteiger partial charge < -0.3 is 5.11 Å². The molecule has 21 heavy (non-hydrogen) atoms. The van der Waals surface area contributed by atoms with Crippen molar-refractivity contribution < 1.29 is 9.90 Å². The minimum absolute atomic E-state index is 0.222. The molecule has 1 N–H and O–H groups in total. The normalized spacial score (nSPS) is 9.76. The summed E-state index contributed by atoms with van der Waals surface area (Å²) < 4.78 is 0. The summed E-state index contributed by atoms with van der Waals surface area (Å²) in [6.07, 6.45) is 2.15. The van der Waals surface area contributed by atoms with Crippen LogP contribution < -0.4 is 0 Å². The van der Waals surface area contributed by atoms with E-state index in [1.807, 2.05) is 30.5 Å². The van der Waals surface area contributed by atoms with Crippen LogP contribution in [0.3, 0.4) is 0 Å². The first-order valence-corrected chi connectivity index (χ1v) is 6.82. The Morgan fingerprint density at radius 3 is 2.19 bits per heavy atom. The number of pyridine rings is 1. The molecule has 0 unspecified atom stereocenters. The number of hydrogen-bond donors (Lipinski definition) is 1. The molecule has 0 spiro atoms. The van der Waals surface area contributed by atoms with Crippen LogP contribution in [0.5, 0.6) is 0 Å². The van der Waals surface area contributed by atoms with Gasteiger partial charge in [0.2, 0.25) is 0 Å². The zero-order chi connectivity index (χ0) is 15.1. The van der Waals surface area contributed by atoms with E-state index < -0.39 is 5.97 Å². The van der Waals surface area contributed by atoms with Crippen LogP contribution in [0.25, 0.3) is 22.0 Å². The number of aromatic nitrogens is 1. The van der Waals surface area contributed by atoms with Gasteiger partial charge in [-0.15, -0.1) is 0 Å². The molecule has 3 rings (SSSR count). The van der Waals surface area contributed by atoms with Crippen LogP contribution in [-0.2, 0) is 4.79 Å². The maximum atomic E-state index is 9.37. The number of rotatable bonds is 2. The van der Waals surface area contributed by atoms with Crippen molar-refractivity contribution in [3.63, 3.8) is 0 Å². The molecule has 0 aliphatic rings. The van der Waals surface area contributed by atoms with Gasteiger partial charge in [-0.3, -0.25) is 9.78 Å². The maximum Gasteiger partial charge on any atom is 0.303 e. The summed E-state index contributed by atoms with van der Waals surface area (Å²) in [6.45, 7) is 1.60. The molecule has 0 saturated heterocycles. The zero-order valence-corrected chi connectivity index (χ0v) is 11.9. The van der Waals surface area contributed by atoms with Crippen molar-refractivity contribution in [2.24, 2.45) is 0 Å². The lowest BCUT2D eigenvalue weighted by atomic mass is 10.1. The van der Waals surface area contributed by atoms with Gasteiger partial charge in [-0.2, -0.15) is 0 Å². The largest absolute Gasteiger partial charge is 0.481 e. The molecule has 0 saturated carbocycles. The SMILES string of the molecule is CCC(=O)O.c1ccc(-c2cc3ccccc3cn2)cc1. The third-order valence-electron chi connectivity index (χ3n) is 3.00. The lowest BCUT2D eigenvalue weighted by molar-refractivity contribution is -0.136. The minimum atomic E-state index is -0.745. The van der Waals surface area contributed by atoms with E-state index in [9.17, 15) is 4.79 Å². The number of carboxylic acids is 1. The van der Waals surface area contributed by atoms with Crippen molar-refractivity contribution in [3.8, 4) is 11.3 Å². The van der Waals surface area contributed by atoms with E-state index in [2.05, 4.69) is 41.4 Å². The lowest BCUT2D eigenvalue weighted by Gasteiger charge is -2.02. The number of fused-ring (bicyclic) bond motifs is 1. The fourth-order valence-corrected chi connectivity index (χ4v) is 1.85. The smallest absolute Gasteiger partial charge is 0.303 e. The number of hydrogen-bond acceptors (Lipinski definition) is 2. The summed E-state index contributed by atoms with van der Waals surface area (Å²) in [5, 5.41) is 10.1. The van der Waals surface area contributed by atoms with E-state index in [1.165, 1.54) is 10.8 Å². The van der Waals surface area contributed by atoms with Crippen LogP contribution in [0, 0.1) is 0 Å². The Kier molecular flexibility index (Phi) is 5.04. The van der Waals surface area contributed by atoms with Gasteiger partial charge in [0.15, 0.2) is 0 Å². The highest BCUT2D eigenvalue weighted by Gasteiger charge is 1.99. The number of carbonyl (C=O) groups is 1. The van der Waals surface area contributed by atoms with Gasteiger partial charge in [-0.05, 0) is 11.5 Å². The first-order valence-electron chi connectivity index (χ1n) is 6.82. The predicted octanol–water partition coefficient (Wildman–Crippen LogP) is 4.38. The van der Waals surface area contributed by atoms with Crippen molar-refractivity contribution in [3.05, 3.63) is 66.9 Å². The number of carboxylic acid groups (broad SMARTS) is 1. The first-order chi connectivity index (χ1) is 10.2. The highest BCUT2D eigenvalue weighted by Crippen LogP contribution is 2.21. The molecule has 3 heteroatoms. The number of nitrogens with zero attached hydrogens (tertiary/aromatic N) is 1. The fourth-order valence-electron chi connectivity index (χ4n) is 1.85. The average Bonchev–Trinajstić information content (AvgIpc) is 2.56. The van der Waals surface area contributed by atoms with E-state index in [0.717, 1.165) is 11.3 Å². The highest BCUT2D eigenvalue weighted by atomic mass is 16.4. The minimum Gasteiger partial charge on any atom is -0.481 e. The molecule has 0 atom stereocenters. The number of benzene rings is 2. The van der Waals surface area contributed by atoms with Crippen LogP contribution >= 0.6 is 0 Å². The van der Waals surface area contributed by atoms with Crippen LogP contribution in [0.15, 0.2) is 66.9 Å². The molecular formula is C18H17NO2. The molecule has 3 nitrogen and oxygen atoms in total. The molecule has 0 aliphatic heterocycles. The Labute approximate surface area is 123 Å². The van der Waals surface area contributed by atoms with Gasteiger partial charge in [-0.1, -0.05) is 61.5 Å². The second-order valence-corrected chi connectivity index (χ2v) is 4.53. The van der Waals surface area contributed by atoms with E-state index in [1.54, 1.807) is 6.92 Å². The van der Waals surface area contributed by atoms with Gasteiger partial charge in [0.05, 0.1) is 5.69 Å². The van der Waals surface area contributed by atoms with E-state index in [4.69, 9.17) is 5.11 Å². The Morgan fingerprint density at radius 1 is 1.00 bits per heavy atom. The number of aliphatic carboxylic acids is 1. The van der Waals surface area contributed by atoms with Crippen LogP contribution in [-0.4, -0.2) is 16.1 Å². The Bertz CT molecular complexity index is 723. The Hall–Kier alpha value is -2.68. The van der Waals surface area contributed by atoms with Gasteiger partial charge in [0.25, 0.3) is 0 Å². The van der Waals surface area contributed by atoms with Crippen molar-refractivity contribution in [2.75, 3.05) is 0 Å². The van der Waals surface area contributed by atoms with Gasteiger partial charge in [0.1, 0.15) is 0 Å². The van der Waals surface area contributed by atoms with Crippen LogP contribution in [0.4, 0.5) is 0 Å². The summed E-state index contributed by atoms with van der Waals surface area (Å²) in [5.74, 6) is -0.745.